The van der Waals surface area contributed by atoms with E-state index in [9.17, 15) is 4.79 Å². The van der Waals surface area contributed by atoms with Crippen LogP contribution in [0.15, 0.2) is 23.0 Å². The fourth-order valence-corrected chi connectivity index (χ4v) is 2.54. The molecule has 0 saturated heterocycles. The van der Waals surface area contributed by atoms with Gasteiger partial charge >= 0.3 is 0 Å². The molecular weight excluding hydrogens is 297 g/mol. The Morgan fingerprint density at radius 3 is 2.45 bits per heavy atom. The van der Waals surface area contributed by atoms with Gasteiger partial charge in [0.15, 0.2) is 0 Å². The molecule has 0 fully saturated rings. The summed E-state index contributed by atoms with van der Waals surface area (Å²) in [7, 11) is 0. The Balaban J connectivity index is 2.38. The third kappa shape index (κ3) is 3.14. The topological polar surface area (TPSA) is 71.8 Å². The third-order valence-electron chi connectivity index (χ3n) is 3.00. The molecule has 0 aliphatic rings. The van der Waals surface area contributed by atoms with Crippen LogP contribution in [0.1, 0.15) is 30.3 Å². The van der Waals surface area contributed by atoms with Crippen LogP contribution >= 0.6 is 23.2 Å². The highest BCUT2D eigenvalue weighted by Gasteiger charge is 2.11. The van der Waals surface area contributed by atoms with Gasteiger partial charge in [0, 0.05) is 16.5 Å². The summed E-state index contributed by atoms with van der Waals surface area (Å²) in [6.45, 7) is 1.98. The van der Waals surface area contributed by atoms with Crippen LogP contribution in [0.3, 0.4) is 0 Å². The molecule has 20 heavy (non-hydrogen) atoms. The molecule has 0 unspecified atom stereocenters. The first-order chi connectivity index (χ1) is 9.52. The van der Waals surface area contributed by atoms with Crippen molar-refractivity contribution >= 4 is 29.0 Å². The van der Waals surface area contributed by atoms with Gasteiger partial charge < -0.3 is 10.7 Å². The summed E-state index contributed by atoms with van der Waals surface area (Å²) in [4.78, 5) is 18.9. The second kappa shape index (κ2) is 6.29. The zero-order valence-corrected chi connectivity index (χ0v) is 12.6. The summed E-state index contributed by atoms with van der Waals surface area (Å²) in [5.74, 6) is 0.733. The monoisotopic (exact) mass is 311 g/mol. The second-order valence-electron chi connectivity index (χ2n) is 4.50. The van der Waals surface area contributed by atoms with Gasteiger partial charge in [-0.15, -0.1) is 0 Å². The lowest BCUT2D eigenvalue weighted by Gasteiger charge is -2.08. The van der Waals surface area contributed by atoms with Gasteiger partial charge in [-0.3, -0.25) is 4.79 Å². The van der Waals surface area contributed by atoms with Gasteiger partial charge in [0.25, 0.3) is 5.56 Å². The van der Waals surface area contributed by atoms with Gasteiger partial charge in [0.1, 0.15) is 11.6 Å². The van der Waals surface area contributed by atoms with Crippen molar-refractivity contribution in [2.45, 2.75) is 26.2 Å². The Morgan fingerprint density at radius 1 is 1.25 bits per heavy atom. The van der Waals surface area contributed by atoms with Crippen LogP contribution in [0.5, 0.6) is 0 Å². The van der Waals surface area contributed by atoms with Gasteiger partial charge in [-0.25, -0.2) is 4.98 Å². The Labute approximate surface area is 126 Å². The number of rotatable bonds is 4. The molecule has 2 rings (SSSR count). The number of hydrogen-bond acceptors (Lipinski definition) is 3. The minimum absolute atomic E-state index is 0.197. The second-order valence-corrected chi connectivity index (χ2v) is 5.32. The SMILES string of the molecule is CCCc1c(N)nc(Cc2c(Cl)cccc2Cl)[nH]c1=O. The van der Waals surface area contributed by atoms with E-state index in [1.807, 2.05) is 6.92 Å². The number of nitrogen functional groups attached to an aromatic ring is 1. The van der Waals surface area contributed by atoms with Crippen LogP contribution in [0.25, 0.3) is 0 Å². The van der Waals surface area contributed by atoms with Crippen LogP contribution < -0.4 is 11.3 Å². The molecule has 0 amide bonds. The minimum Gasteiger partial charge on any atom is -0.383 e. The highest BCUT2D eigenvalue weighted by Crippen LogP contribution is 2.26. The van der Waals surface area contributed by atoms with Crippen molar-refractivity contribution in [2.75, 3.05) is 5.73 Å². The molecule has 0 aliphatic carbocycles. The maximum atomic E-state index is 12.0. The normalized spacial score (nSPS) is 10.8. The smallest absolute Gasteiger partial charge is 0.256 e. The summed E-state index contributed by atoms with van der Waals surface area (Å²) in [6.07, 6.45) is 1.79. The Kier molecular flexibility index (Phi) is 4.68. The zero-order chi connectivity index (χ0) is 14.7. The number of aromatic nitrogens is 2. The van der Waals surface area contributed by atoms with E-state index < -0.39 is 0 Å². The van der Waals surface area contributed by atoms with Crippen molar-refractivity contribution in [1.82, 2.24) is 9.97 Å². The fraction of sp³-hybridized carbons (Fsp3) is 0.286. The van der Waals surface area contributed by atoms with E-state index >= 15 is 0 Å². The van der Waals surface area contributed by atoms with Crippen molar-refractivity contribution in [3.8, 4) is 0 Å². The molecule has 1 heterocycles. The molecule has 0 spiro atoms. The molecule has 0 saturated carbocycles. The molecule has 1 aromatic carbocycles. The van der Waals surface area contributed by atoms with E-state index in [0.717, 1.165) is 12.0 Å². The first-order valence-electron chi connectivity index (χ1n) is 6.33. The number of anilines is 1. The summed E-state index contributed by atoms with van der Waals surface area (Å²) < 4.78 is 0. The highest BCUT2D eigenvalue weighted by molar-refractivity contribution is 6.36. The summed E-state index contributed by atoms with van der Waals surface area (Å²) in [5.41, 5.74) is 6.90. The minimum atomic E-state index is -0.197. The lowest BCUT2D eigenvalue weighted by molar-refractivity contribution is 0.862. The molecule has 0 atom stereocenters. The van der Waals surface area contributed by atoms with Gasteiger partial charge in [-0.1, -0.05) is 42.6 Å². The summed E-state index contributed by atoms with van der Waals surface area (Å²) in [6, 6.07) is 5.26. The molecule has 6 heteroatoms. The molecule has 4 nitrogen and oxygen atoms in total. The highest BCUT2D eigenvalue weighted by atomic mass is 35.5. The first-order valence-corrected chi connectivity index (χ1v) is 7.09. The van der Waals surface area contributed by atoms with Crippen LogP contribution in [0.4, 0.5) is 5.82 Å². The van der Waals surface area contributed by atoms with E-state index in [1.165, 1.54) is 0 Å². The van der Waals surface area contributed by atoms with Gasteiger partial charge in [-0.2, -0.15) is 0 Å². The Bertz CT molecular complexity index is 662. The number of nitrogens with zero attached hydrogens (tertiary/aromatic N) is 1. The maximum absolute atomic E-state index is 12.0. The van der Waals surface area contributed by atoms with E-state index in [-0.39, 0.29) is 11.4 Å². The quantitative estimate of drug-likeness (QED) is 0.910. The standard InChI is InChI=1S/C14H15Cl2N3O/c1-2-4-8-13(17)18-12(19-14(8)20)7-9-10(15)5-3-6-11(9)16/h3,5-6H,2,4,7H2,1H3,(H3,17,18,19,20). The van der Waals surface area contributed by atoms with Crippen molar-refractivity contribution in [3.05, 3.63) is 55.5 Å². The van der Waals surface area contributed by atoms with E-state index in [2.05, 4.69) is 9.97 Å². The zero-order valence-electron chi connectivity index (χ0n) is 11.0. The predicted molar refractivity (Wildman–Crippen MR) is 82.5 cm³/mol. The molecule has 3 N–H and O–H groups in total. The lowest BCUT2D eigenvalue weighted by Crippen LogP contribution is -2.20. The Morgan fingerprint density at radius 2 is 1.90 bits per heavy atom. The Hall–Kier alpha value is -1.52. The van der Waals surface area contributed by atoms with Gasteiger partial charge in [0.2, 0.25) is 0 Å². The van der Waals surface area contributed by atoms with Crippen LogP contribution in [0.2, 0.25) is 10.0 Å². The number of hydrogen-bond donors (Lipinski definition) is 2. The van der Waals surface area contributed by atoms with Gasteiger partial charge in [-0.05, 0) is 24.1 Å². The average molecular weight is 312 g/mol. The number of benzene rings is 1. The average Bonchev–Trinajstić information content (AvgIpc) is 2.38. The molecule has 0 aliphatic heterocycles. The lowest BCUT2D eigenvalue weighted by atomic mass is 10.1. The van der Waals surface area contributed by atoms with E-state index in [4.69, 9.17) is 28.9 Å². The van der Waals surface area contributed by atoms with E-state index in [1.54, 1.807) is 18.2 Å². The number of halogens is 2. The number of nitrogens with two attached hydrogens (primary N) is 1. The van der Waals surface area contributed by atoms with E-state index in [0.29, 0.717) is 34.3 Å². The van der Waals surface area contributed by atoms with Crippen molar-refractivity contribution < 1.29 is 0 Å². The molecule has 2 aromatic rings. The number of nitrogens with one attached hydrogen (secondary N) is 1. The third-order valence-corrected chi connectivity index (χ3v) is 3.71. The van der Waals surface area contributed by atoms with Crippen LogP contribution in [0, 0.1) is 0 Å². The van der Waals surface area contributed by atoms with Crippen LogP contribution in [-0.4, -0.2) is 9.97 Å². The number of H-pyrrole nitrogens is 1. The largest absolute Gasteiger partial charge is 0.383 e. The molecular formula is C14H15Cl2N3O. The van der Waals surface area contributed by atoms with Crippen molar-refractivity contribution in [3.63, 3.8) is 0 Å². The first kappa shape index (κ1) is 14.9. The fourth-order valence-electron chi connectivity index (χ4n) is 2.01. The molecule has 106 valence electrons. The summed E-state index contributed by atoms with van der Waals surface area (Å²) >= 11 is 12.2. The molecule has 0 radical (unpaired) electrons. The van der Waals surface area contributed by atoms with Crippen molar-refractivity contribution in [2.24, 2.45) is 0 Å². The molecule has 0 bridgehead atoms. The van der Waals surface area contributed by atoms with Crippen molar-refractivity contribution in [1.29, 1.82) is 0 Å². The molecule has 1 aromatic heterocycles. The summed E-state index contributed by atoms with van der Waals surface area (Å²) in [5, 5.41) is 1.08. The maximum Gasteiger partial charge on any atom is 0.256 e. The predicted octanol–water partition coefficient (Wildman–Crippen LogP) is 3.20. The number of aromatic amines is 1. The van der Waals surface area contributed by atoms with Gasteiger partial charge in [0.05, 0.1) is 5.56 Å². The van der Waals surface area contributed by atoms with Crippen LogP contribution in [-0.2, 0) is 12.8 Å².